The van der Waals surface area contributed by atoms with E-state index in [1.807, 2.05) is 0 Å². The van der Waals surface area contributed by atoms with Gasteiger partial charge in [0.1, 0.15) is 0 Å². The molecule has 0 aromatic heterocycles. The monoisotopic (exact) mass is 436 g/mol. The van der Waals surface area contributed by atoms with Gasteiger partial charge in [-0.2, -0.15) is 0 Å². The van der Waals surface area contributed by atoms with E-state index in [9.17, 15) is 0 Å². The predicted octanol–water partition coefficient (Wildman–Crippen LogP) is 6.30. The third-order valence-corrected chi connectivity index (χ3v) is 11.8. The molecule has 0 amide bonds. The zero-order valence-electron chi connectivity index (χ0n) is 20.0. The molecule has 0 aromatic carbocycles. The van der Waals surface area contributed by atoms with Crippen molar-refractivity contribution in [3.05, 3.63) is 0 Å². The van der Waals surface area contributed by atoms with Crippen molar-refractivity contribution in [1.82, 2.24) is 0 Å². The zero-order valence-corrected chi connectivity index (χ0v) is 22.0. The molecule has 0 bridgehead atoms. The van der Waals surface area contributed by atoms with Crippen molar-refractivity contribution in [1.29, 1.82) is 0 Å². The van der Waals surface area contributed by atoms with Gasteiger partial charge in [0.2, 0.25) is 0 Å². The van der Waals surface area contributed by atoms with E-state index in [1.165, 1.54) is 0 Å². The predicted molar refractivity (Wildman–Crippen MR) is 122 cm³/mol. The van der Waals surface area contributed by atoms with Gasteiger partial charge in [-0.3, -0.25) is 0 Å². The van der Waals surface area contributed by atoms with Gasteiger partial charge in [0.15, 0.2) is 0 Å². The molecule has 0 aliphatic rings. The van der Waals surface area contributed by atoms with Crippen molar-refractivity contribution in [2.24, 2.45) is 0 Å². The summed E-state index contributed by atoms with van der Waals surface area (Å²) < 4.78 is 31.7. The second-order valence-electron chi connectivity index (χ2n) is 7.90. The lowest BCUT2D eigenvalue weighted by Crippen LogP contribution is -2.52. The third kappa shape index (κ3) is 9.82. The Kier molecular flexibility index (Phi) is 16.1. The van der Waals surface area contributed by atoms with Gasteiger partial charge >= 0.3 is 17.4 Å². The number of hydrogen-bond acceptors (Lipinski definition) is 5. The summed E-state index contributed by atoms with van der Waals surface area (Å²) in [5, 5.41) is 0. The first-order chi connectivity index (χ1) is 13.4. The molecule has 2 atom stereocenters. The summed E-state index contributed by atoms with van der Waals surface area (Å²) >= 11 is 0. The molecule has 28 heavy (non-hydrogen) atoms. The van der Waals surface area contributed by atoms with Gasteiger partial charge in [0.05, 0.1) is 0 Å². The fourth-order valence-corrected chi connectivity index (χ4v) is 9.21. The lowest BCUT2D eigenvalue weighted by atomic mass is 10.3. The highest BCUT2D eigenvalue weighted by atomic mass is 28.4. The van der Waals surface area contributed by atoms with Crippen LogP contribution in [-0.2, 0) is 22.1 Å². The quantitative estimate of drug-likeness (QED) is 0.222. The van der Waals surface area contributed by atoms with Gasteiger partial charge in [0.25, 0.3) is 0 Å². The second kappa shape index (κ2) is 16.0. The van der Waals surface area contributed by atoms with Gasteiger partial charge < -0.3 is 22.1 Å². The fraction of sp³-hybridized carbons (Fsp3) is 1.00. The molecule has 0 aromatic rings. The Morgan fingerprint density at radius 3 is 1.18 bits per heavy atom. The van der Waals surface area contributed by atoms with Crippen molar-refractivity contribution < 1.29 is 22.1 Å². The number of hydrogen-bond donors (Lipinski definition) is 0. The van der Waals surface area contributed by atoms with E-state index >= 15 is 0 Å². The topological polar surface area (TPSA) is 46.2 Å². The Morgan fingerprint density at radius 1 is 0.536 bits per heavy atom. The van der Waals surface area contributed by atoms with Gasteiger partial charge in [0, 0.05) is 38.6 Å². The average molecular weight is 437 g/mol. The Hall–Kier alpha value is 0.234. The van der Waals surface area contributed by atoms with Gasteiger partial charge in [-0.25, -0.2) is 0 Å². The van der Waals surface area contributed by atoms with Crippen molar-refractivity contribution in [2.45, 2.75) is 105 Å². The van der Waals surface area contributed by atoms with Gasteiger partial charge in [-0.15, -0.1) is 0 Å². The minimum absolute atomic E-state index is 0.217. The molecule has 0 aliphatic carbocycles. The molecule has 0 aliphatic heterocycles. The van der Waals surface area contributed by atoms with Crippen LogP contribution in [0.2, 0.25) is 17.6 Å². The maximum absolute atomic E-state index is 6.35. The molecule has 7 heteroatoms. The molecule has 0 spiro atoms. The van der Waals surface area contributed by atoms with E-state index < -0.39 is 17.4 Å². The van der Waals surface area contributed by atoms with E-state index in [-0.39, 0.29) is 5.54 Å². The molecule has 0 radical (unpaired) electrons. The molecule has 0 saturated carbocycles. The van der Waals surface area contributed by atoms with Crippen LogP contribution in [0.15, 0.2) is 0 Å². The number of rotatable bonds is 19. The molecule has 0 rings (SSSR count). The van der Waals surface area contributed by atoms with Crippen LogP contribution in [0, 0.1) is 0 Å². The summed E-state index contributed by atoms with van der Waals surface area (Å²) in [5.41, 5.74) is 0.558. The van der Waals surface area contributed by atoms with E-state index in [0.717, 1.165) is 51.7 Å². The van der Waals surface area contributed by atoms with Crippen LogP contribution in [0.25, 0.3) is 0 Å². The van der Waals surface area contributed by atoms with E-state index in [1.54, 1.807) is 0 Å². The first-order valence-corrected chi connectivity index (χ1v) is 15.7. The molecule has 0 heterocycles. The summed E-state index contributed by atoms with van der Waals surface area (Å²) in [5.74, 6) is 0. The van der Waals surface area contributed by atoms with Crippen LogP contribution < -0.4 is 0 Å². The van der Waals surface area contributed by atoms with Gasteiger partial charge in [-0.1, -0.05) is 48.5 Å². The van der Waals surface area contributed by atoms with Crippen molar-refractivity contribution in [3.8, 4) is 0 Å². The highest BCUT2D eigenvalue weighted by molar-refractivity contribution is 6.68. The molecule has 0 fully saturated rings. The van der Waals surface area contributed by atoms with Crippen molar-refractivity contribution in [3.63, 3.8) is 0 Å². The van der Waals surface area contributed by atoms with Crippen LogP contribution in [0.4, 0.5) is 0 Å². The maximum atomic E-state index is 6.35. The lowest BCUT2D eigenvalue weighted by molar-refractivity contribution is 0.0492. The minimum Gasteiger partial charge on any atom is -0.394 e. The standard InChI is InChI=1S/C21H48O5Si2/c1-9-14-22-27(8,23-15-10-2)20(6)19-21(7)28(24-16-11-3,25-17-12-4)26-18-13-5/h20-21H,9-19H2,1-8H3. The molecular formula is C21H48O5Si2. The Bertz CT molecular complexity index is 341. The normalized spacial score (nSPS) is 15.0. The first-order valence-electron chi connectivity index (χ1n) is 11.5. The molecule has 0 N–H and O–H groups in total. The highest BCUT2D eigenvalue weighted by Gasteiger charge is 2.50. The molecular weight excluding hydrogens is 388 g/mol. The largest absolute Gasteiger partial charge is 0.503 e. The first kappa shape index (κ1) is 28.2. The minimum atomic E-state index is -2.75. The van der Waals surface area contributed by atoms with E-state index in [0.29, 0.717) is 25.4 Å². The summed E-state index contributed by atoms with van der Waals surface area (Å²) in [6.07, 6.45) is 5.87. The second-order valence-corrected chi connectivity index (χ2v) is 14.6. The SMILES string of the molecule is CCCO[Si](C)(OCCC)C(C)CC(C)[Si](OCCC)(OCCC)OCCC. The van der Waals surface area contributed by atoms with Crippen LogP contribution in [-0.4, -0.2) is 50.4 Å². The molecule has 5 nitrogen and oxygen atoms in total. The maximum Gasteiger partial charge on any atom is 0.503 e. The van der Waals surface area contributed by atoms with Crippen molar-refractivity contribution >= 4 is 17.4 Å². The average Bonchev–Trinajstić information content (AvgIpc) is 2.70. The zero-order chi connectivity index (χ0) is 21.5. The summed E-state index contributed by atoms with van der Waals surface area (Å²) in [4.78, 5) is 0. The Balaban J connectivity index is 5.40. The fourth-order valence-electron chi connectivity index (χ4n) is 3.11. The highest BCUT2D eigenvalue weighted by Crippen LogP contribution is 2.39. The Labute approximate surface area is 177 Å². The summed E-state index contributed by atoms with van der Waals surface area (Å²) in [6.45, 7) is 21.0. The van der Waals surface area contributed by atoms with E-state index in [4.69, 9.17) is 22.1 Å². The summed E-state index contributed by atoms with van der Waals surface area (Å²) in [7, 11) is -5.03. The molecule has 0 saturated heterocycles. The van der Waals surface area contributed by atoms with Crippen LogP contribution >= 0.6 is 0 Å². The van der Waals surface area contributed by atoms with Crippen LogP contribution in [0.3, 0.4) is 0 Å². The third-order valence-electron chi connectivity index (χ3n) is 4.91. The van der Waals surface area contributed by atoms with Crippen LogP contribution in [0.1, 0.15) is 87.0 Å². The lowest BCUT2D eigenvalue weighted by Gasteiger charge is -2.38. The summed E-state index contributed by atoms with van der Waals surface area (Å²) in [6, 6.07) is 0. The van der Waals surface area contributed by atoms with Gasteiger partial charge in [-0.05, 0) is 50.6 Å². The Morgan fingerprint density at radius 2 is 0.857 bits per heavy atom. The van der Waals surface area contributed by atoms with E-state index in [2.05, 4.69) is 55.0 Å². The van der Waals surface area contributed by atoms with Crippen molar-refractivity contribution in [2.75, 3.05) is 33.0 Å². The molecule has 170 valence electrons. The van der Waals surface area contributed by atoms with Crippen LogP contribution in [0.5, 0.6) is 0 Å². The smallest absolute Gasteiger partial charge is 0.394 e. The molecule has 2 unspecified atom stereocenters.